The van der Waals surface area contributed by atoms with E-state index in [0.717, 1.165) is 32.1 Å². The van der Waals surface area contributed by atoms with Gasteiger partial charge in [0.05, 0.1) is 6.61 Å². The van der Waals surface area contributed by atoms with Crippen molar-refractivity contribution in [3.05, 3.63) is 0 Å². The third kappa shape index (κ3) is 4.43. The molecule has 0 spiro atoms. The molecule has 0 aliphatic heterocycles. The number of ketones is 1. The second-order valence-electron chi connectivity index (χ2n) is 5.18. The molecular formula is C15H26O3. The van der Waals surface area contributed by atoms with Crippen molar-refractivity contribution in [1.82, 2.24) is 0 Å². The third-order valence-electron chi connectivity index (χ3n) is 3.75. The minimum atomic E-state index is -0.516. The van der Waals surface area contributed by atoms with Crippen LogP contribution in [0.25, 0.3) is 0 Å². The van der Waals surface area contributed by atoms with E-state index in [0.29, 0.717) is 13.0 Å². The smallest absolute Gasteiger partial charge is 0.316 e. The van der Waals surface area contributed by atoms with Crippen LogP contribution < -0.4 is 0 Å². The molecule has 1 aliphatic rings. The van der Waals surface area contributed by atoms with Crippen molar-refractivity contribution in [1.29, 1.82) is 0 Å². The summed E-state index contributed by atoms with van der Waals surface area (Å²) in [5, 5.41) is 0. The summed E-state index contributed by atoms with van der Waals surface area (Å²) in [5.41, 5.74) is 0. The highest BCUT2D eigenvalue weighted by Crippen LogP contribution is 2.27. The number of hydrogen-bond acceptors (Lipinski definition) is 3. The number of carbonyl (C=O) groups excluding carboxylic acids is 2. The van der Waals surface area contributed by atoms with Gasteiger partial charge in [0.2, 0.25) is 0 Å². The molecule has 1 unspecified atom stereocenters. The van der Waals surface area contributed by atoms with Gasteiger partial charge in [0.25, 0.3) is 0 Å². The van der Waals surface area contributed by atoms with E-state index in [1.165, 1.54) is 12.8 Å². The monoisotopic (exact) mass is 254 g/mol. The van der Waals surface area contributed by atoms with Gasteiger partial charge in [-0.15, -0.1) is 0 Å². The second kappa shape index (κ2) is 8.28. The van der Waals surface area contributed by atoms with E-state index in [2.05, 4.69) is 0 Å². The molecule has 18 heavy (non-hydrogen) atoms. The first-order chi connectivity index (χ1) is 8.70. The van der Waals surface area contributed by atoms with Crippen LogP contribution in [0.4, 0.5) is 0 Å². The fourth-order valence-electron chi connectivity index (χ4n) is 2.76. The van der Waals surface area contributed by atoms with Gasteiger partial charge in [0.1, 0.15) is 11.7 Å². The van der Waals surface area contributed by atoms with E-state index in [9.17, 15) is 9.59 Å². The lowest BCUT2D eigenvalue weighted by Gasteiger charge is -2.19. The Labute approximate surface area is 110 Å². The van der Waals surface area contributed by atoms with Gasteiger partial charge >= 0.3 is 5.97 Å². The number of hydrogen-bond donors (Lipinski definition) is 0. The fourth-order valence-corrected chi connectivity index (χ4v) is 2.76. The van der Waals surface area contributed by atoms with Crippen molar-refractivity contribution < 1.29 is 14.3 Å². The van der Waals surface area contributed by atoms with Gasteiger partial charge in [-0.05, 0) is 26.2 Å². The van der Waals surface area contributed by atoms with Crippen LogP contribution in [-0.4, -0.2) is 18.4 Å². The average molecular weight is 254 g/mol. The van der Waals surface area contributed by atoms with Crippen LogP contribution in [0.3, 0.4) is 0 Å². The Kier molecular flexibility index (Phi) is 6.99. The number of carbonyl (C=O) groups is 2. The highest BCUT2D eigenvalue weighted by atomic mass is 16.5. The predicted octanol–water partition coefficient (Wildman–Crippen LogP) is 3.51. The molecule has 3 nitrogen and oxygen atoms in total. The number of Topliss-reactive ketones (excluding diaryl/α,β-unsaturated/α-hetero) is 1. The van der Waals surface area contributed by atoms with Crippen molar-refractivity contribution in [2.24, 2.45) is 11.8 Å². The minimum absolute atomic E-state index is 0.0912. The second-order valence-corrected chi connectivity index (χ2v) is 5.18. The average Bonchev–Trinajstić information content (AvgIpc) is 2.64. The molecule has 0 aromatic carbocycles. The molecule has 0 N–H and O–H groups in total. The normalized spacial score (nSPS) is 19.0. The maximum Gasteiger partial charge on any atom is 0.316 e. The highest BCUT2D eigenvalue weighted by Gasteiger charge is 2.32. The van der Waals surface area contributed by atoms with Crippen LogP contribution in [0.5, 0.6) is 0 Å². The quantitative estimate of drug-likeness (QED) is 0.414. The van der Waals surface area contributed by atoms with E-state index in [4.69, 9.17) is 4.74 Å². The van der Waals surface area contributed by atoms with E-state index in [1.54, 1.807) is 6.92 Å². The Balaban J connectivity index is 2.64. The lowest BCUT2D eigenvalue weighted by molar-refractivity contribution is -0.153. The molecular weight excluding hydrogens is 228 g/mol. The molecule has 1 fully saturated rings. The van der Waals surface area contributed by atoms with Gasteiger partial charge in [0.15, 0.2) is 0 Å². The topological polar surface area (TPSA) is 43.4 Å². The molecule has 1 atom stereocenters. The highest BCUT2D eigenvalue weighted by molar-refractivity contribution is 6.00. The summed E-state index contributed by atoms with van der Waals surface area (Å²) in [4.78, 5) is 24.3. The summed E-state index contributed by atoms with van der Waals surface area (Å²) < 4.78 is 5.04. The number of esters is 1. The van der Waals surface area contributed by atoms with Gasteiger partial charge < -0.3 is 4.74 Å². The van der Waals surface area contributed by atoms with E-state index in [1.807, 2.05) is 6.92 Å². The molecule has 1 aliphatic carbocycles. The van der Waals surface area contributed by atoms with Gasteiger partial charge in [-0.2, -0.15) is 0 Å². The Bertz CT molecular complexity index is 265. The summed E-state index contributed by atoms with van der Waals surface area (Å²) in [6.45, 7) is 4.15. The van der Waals surface area contributed by atoms with Crippen molar-refractivity contribution >= 4 is 11.8 Å². The first kappa shape index (κ1) is 15.2. The molecule has 1 saturated carbocycles. The fraction of sp³-hybridized carbons (Fsp3) is 0.867. The largest absolute Gasteiger partial charge is 0.465 e. The van der Waals surface area contributed by atoms with E-state index in [-0.39, 0.29) is 17.7 Å². The first-order valence-corrected chi connectivity index (χ1v) is 7.41. The number of rotatable bonds is 6. The van der Waals surface area contributed by atoms with Crippen LogP contribution in [0.2, 0.25) is 0 Å². The zero-order chi connectivity index (χ0) is 13.4. The molecule has 0 aromatic rings. The molecule has 1 rings (SSSR count). The third-order valence-corrected chi connectivity index (χ3v) is 3.75. The summed E-state index contributed by atoms with van der Waals surface area (Å²) >= 11 is 0. The Morgan fingerprint density at radius 1 is 1.11 bits per heavy atom. The van der Waals surface area contributed by atoms with Gasteiger partial charge in [0, 0.05) is 5.92 Å². The SMILES string of the molecule is CCCC(C(=O)OCC)C(=O)C1CCCCCC1. The molecule has 0 aromatic heterocycles. The maximum absolute atomic E-state index is 12.5. The van der Waals surface area contributed by atoms with Crippen LogP contribution in [-0.2, 0) is 14.3 Å². The summed E-state index contributed by atoms with van der Waals surface area (Å²) in [5.74, 6) is -0.600. The van der Waals surface area contributed by atoms with Crippen LogP contribution >= 0.6 is 0 Å². The molecule has 104 valence electrons. The van der Waals surface area contributed by atoms with Crippen molar-refractivity contribution in [3.8, 4) is 0 Å². The van der Waals surface area contributed by atoms with Gasteiger partial charge in [-0.25, -0.2) is 0 Å². The molecule has 0 bridgehead atoms. The van der Waals surface area contributed by atoms with Crippen molar-refractivity contribution in [3.63, 3.8) is 0 Å². The molecule has 0 saturated heterocycles. The molecule has 0 heterocycles. The van der Waals surface area contributed by atoms with Gasteiger partial charge in [-0.1, -0.05) is 39.0 Å². The molecule has 0 amide bonds. The van der Waals surface area contributed by atoms with Gasteiger partial charge in [-0.3, -0.25) is 9.59 Å². The van der Waals surface area contributed by atoms with E-state index >= 15 is 0 Å². The number of ether oxygens (including phenoxy) is 1. The lowest BCUT2D eigenvalue weighted by Crippen LogP contribution is -2.31. The maximum atomic E-state index is 12.5. The van der Waals surface area contributed by atoms with E-state index < -0.39 is 5.92 Å². The summed E-state index contributed by atoms with van der Waals surface area (Å²) in [6, 6.07) is 0. The van der Waals surface area contributed by atoms with Crippen molar-refractivity contribution in [2.75, 3.05) is 6.61 Å². The molecule has 3 heteroatoms. The zero-order valence-electron chi connectivity index (χ0n) is 11.7. The lowest BCUT2D eigenvalue weighted by atomic mass is 9.85. The Morgan fingerprint density at radius 2 is 1.72 bits per heavy atom. The van der Waals surface area contributed by atoms with Crippen LogP contribution in [0.1, 0.15) is 65.2 Å². The van der Waals surface area contributed by atoms with Crippen molar-refractivity contribution in [2.45, 2.75) is 65.2 Å². The zero-order valence-corrected chi connectivity index (χ0v) is 11.7. The Hall–Kier alpha value is -0.860. The molecule has 0 radical (unpaired) electrons. The first-order valence-electron chi connectivity index (χ1n) is 7.41. The standard InChI is InChI=1S/C15H26O3/c1-3-9-13(15(17)18-4-2)14(16)12-10-7-5-6-8-11-12/h12-13H,3-11H2,1-2H3. The van der Waals surface area contributed by atoms with Crippen LogP contribution in [0.15, 0.2) is 0 Å². The summed E-state index contributed by atoms with van der Waals surface area (Å²) in [7, 11) is 0. The Morgan fingerprint density at radius 3 is 2.22 bits per heavy atom. The minimum Gasteiger partial charge on any atom is -0.465 e. The predicted molar refractivity (Wildman–Crippen MR) is 71.2 cm³/mol. The van der Waals surface area contributed by atoms with Crippen LogP contribution in [0, 0.1) is 11.8 Å². The summed E-state index contributed by atoms with van der Waals surface area (Å²) in [6.07, 6.45) is 8.09.